The topological polar surface area (TPSA) is 79.0 Å². The summed E-state index contributed by atoms with van der Waals surface area (Å²) >= 11 is 0. The molecule has 0 bridgehead atoms. The van der Waals surface area contributed by atoms with Crippen LogP contribution in [0.15, 0.2) is 42.5 Å². The highest BCUT2D eigenvalue weighted by Gasteiger charge is 2.48. The predicted molar refractivity (Wildman–Crippen MR) is 130 cm³/mol. The lowest BCUT2D eigenvalue weighted by Gasteiger charge is -2.42. The number of hydrogen-bond donors (Lipinski definition) is 1. The molecule has 0 aliphatic carbocycles. The summed E-state index contributed by atoms with van der Waals surface area (Å²) < 4.78 is 6.32. The molecule has 182 valence electrons. The number of carbonyl (C=O) groups is 3. The maximum atomic E-state index is 13.2. The Labute approximate surface area is 205 Å². The smallest absolute Gasteiger partial charge is 0.255 e. The van der Waals surface area contributed by atoms with Crippen LogP contribution in [0.1, 0.15) is 72.1 Å². The van der Waals surface area contributed by atoms with Crippen LogP contribution in [0, 0.1) is 0 Å². The molecule has 2 aromatic carbocycles. The van der Waals surface area contributed by atoms with Gasteiger partial charge in [-0.15, -0.1) is 0 Å². The van der Waals surface area contributed by atoms with Crippen molar-refractivity contribution in [2.45, 2.75) is 63.1 Å². The average molecular weight is 474 g/mol. The molecule has 7 heteroatoms. The van der Waals surface area contributed by atoms with Crippen molar-refractivity contribution in [2.75, 3.05) is 19.7 Å². The Kier molecular flexibility index (Phi) is 5.40. The van der Waals surface area contributed by atoms with E-state index < -0.39 is 6.04 Å². The lowest BCUT2D eigenvalue weighted by molar-refractivity contribution is -0.136. The monoisotopic (exact) mass is 473 g/mol. The normalized spacial score (nSPS) is 24.2. The molecular weight excluding hydrogens is 442 g/mol. The number of carbonyl (C=O) groups excluding carboxylic acids is 3. The summed E-state index contributed by atoms with van der Waals surface area (Å²) in [4.78, 5) is 41.4. The Morgan fingerprint density at radius 3 is 2.57 bits per heavy atom. The highest BCUT2D eigenvalue weighted by atomic mass is 16.5. The Balaban J connectivity index is 1.22. The molecule has 3 amide bonds. The minimum atomic E-state index is -0.606. The van der Waals surface area contributed by atoms with Gasteiger partial charge in [0.25, 0.3) is 5.91 Å². The molecule has 2 fully saturated rings. The summed E-state index contributed by atoms with van der Waals surface area (Å²) in [5, 5.41) is 2.37. The van der Waals surface area contributed by atoms with Crippen molar-refractivity contribution < 1.29 is 19.1 Å². The largest absolute Gasteiger partial charge is 0.492 e. The molecule has 1 N–H and O–H groups in total. The first kappa shape index (κ1) is 22.3. The third-order valence-corrected chi connectivity index (χ3v) is 8.50. The fourth-order valence-corrected chi connectivity index (χ4v) is 6.54. The Hall–Kier alpha value is -3.19. The SMILES string of the molecule is CCC(c1ccccc1)N1CCC2(CC1)COc1c2ccc2c1CN(C1CCC(=O)NC1=O)C2=O. The molecular formula is C28H31N3O4. The summed E-state index contributed by atoms with van der Waals surface area (Å²) in [6.07, 6.45) is 3.75. The summed E-state index contributed by atoms with van der Waals surface area (Å²) in [5.41, 5.74) is 4.08. The molecule has 2 saturated heterocycles. The minimum Gasteiger partial charge on any atom is -0.492 e. The second kappa shape index (κ2) is 8.48. The van der Waals surface area contributed by atoms with Gasteiger partial charge >= 0.3 is 0 Å². The predicted octanol–water partition coefficient (Wildman–Crippen LogP) is 3.32. The first-order valence-electron chi connectivity index (χ1n) is 12.7. The van der Waals surface area contributed by atoms with E-state index >= 15 is 0 Å². The van der Waals surface area contributed by atoms with E-state index in [-0.39, 0.29) is 29.6 Å². The summed E-state index contributed by atoms with van der Waals surface area (Å²) in [6.45, 7) is 5.27. The third kappa shape index (κ3) is 3.56. The molecule has 0 saturated carbocycles. The second-order valence-corrected chi connectivity index (χ2v) is 10.3. The van der Waals surface area contributed by atoms with Crippen LogP contribution in [0.3, 0.4) is 0 Å². The summed E-state index contributed by atoms with van der Waals surface area (Å²) in [5.74, 6) is 0.0396. The molecule has 2 atom stereocenters. The van der Waals surface area contributed by atoms with E-state index in [1.54, 1.807) is 4.90 Å². The van der Waals surface area contributed by atoms with Gasteiger partial charge in [-0.05, 0) is 50.4 Å². The number of benzene rings is 2. The molecule has 0 radical (unpaired) electrons. The van der Waals surface area contributed by atoms with Crippen LogP contribution in [-0.2, 0) is 21.5 Å². The van der Waals surface area contributed by atoms with Crippen molar-refractivity contribution in [1.29, 1.82) is 0 Å². The Morgan fingerprint density at radius 1 is 1.09 bits per heavy atom. The van der Waals surface area contributed by atoms with Gasteiger partial charge in [-0.25, -0.2) is 0 Å². The molecule has 4 aliphatic heterocycles. The third-order valence-electron chi connectivity index (χ3n) is 8.50. The molecule has 2 unspecified atom stereocenters. The van der Waals surface area contributed by atoms with Gasteiger partial charge in [0.2, 0.25) is 11.8 Å². The minimum absolute atomic E-state index is 0.0268. The van der Waals surface area contributed by atoms with E-state index in [1.807, 2.05) is 6.07 Å². The number of piperidine rings is 2. The zero-order chi connectivity index (χ0) is 24.2. The van der Waals surface area contributed by atoms with Gasteiger partial charge in [0, 0.05) is 34.6 Å². The molecule has 4 aliphatic rings. The van der Waals surface area contributed by atoms with Gasteiger partial charge in [0.15, 0.2) is 0 Å². The zero-order valence-corrected chi connectivity index (χ0v) is 20.1. The number of nitrogens with zero attached hydrogens (tertiary/aromatic N) is 2. The molecule has 4 heterocycles. The van der Waals surface area contributed by atoms with Crippen LogP contribution < -0.4 is 10.1 Å². The molecule has 2 aromatic rings. The van der Waals surface area contributed by atoms with Gasteiger partial charge < -0.3 is 9.64 Å². The van der Waals surface area contributed by atoms with E-state index in [2.05, 4.69) is 53.5 Å². The highest BCUT2D eigenvalue weighted by Crippen LogP contribution is 2.50. The highest BCUT2D eigenvalue weighted by molar-refractivity contribution is 6.05. The van der Waals surface area contributed by atoms with Gasteiger partial charge in [-0.2, -0.15) is 0 Å². The number of imide groups is 1. The van der Waals surface area contributed by atoms with Crippen LogP contribution in [0.4, 0.5) is 0 Å². The molecule has 6 rings (SSSR count). The zero-order valence-electron chi connectivity index (χ0n) is 20.1. The van der Waals surface area contributed by atoms with Crippen molar-refractivity contribution in [2.24, 2.45) is 0 Å². The van der Waals surface area contributed by atoms with E-state index in [9.17, 15) is 14.4 Å². The van der Waals surface area contributed by atoms with Crippen molar-refractivity contribution in [3.63, 3.8) is 0 Å². The first-order valence-corrected chi connectivity index (χ1v) is 12.7. The van der Waals surface area contributed by atoms with E-state index in [0.717, 1.165) is 43.7 Å². The lowest BCUT2D eigenvalue weighted by atomic mass is 9.73. The van der Waals surface area contributed by atoms with Crippen LogP contribution in [-0.4, -0.2) is 53.3 Å². The number of likely N-dealkylation sites (tertiary alicyclic amines) is 1. The number of fused-ring (bicyclic) bond motifs is 4. The van der Waals surface area contributed by atoms with Crippen molar-refractivity contribution in [3.05, 3.63) is 64.7 Å². The van der Waals surface area contributed by atoms with E-state index in [0.29, 0.717) is 31.2 Å². The van der Waals surface area contributed by atoms with Gasteiger partial charge in [-0.1, -0.05) is 43.3 Å². The second-order valence-electron chi connectivity index (χ2n) is 10.3. The van der Waals surface area contributed by atoms with Crippen molar-refractivity contribution >= 4 is 17.7 Å². The fourth-order valence-electron chi connectivity index (χ4n) is 6.54. The fraction of sp³-hybridized carbons (Fsp3) is 0.464. The molecule has 35 heavy (non-hydrogen) atoms. The number of ether oxygens (including phenoxy) is 1. The average Bonchev–Trinajstić information content (AvgIpc) is 3.40. The van der Waals surface area contributed by atoms with Crippen LogP contribution in [0.5, 0.6) is 5.75 Å². The number of hydrogen-bond acceptors (Lipinski definition) is 5. The van der Waals surface area contributed by atoms with Crippen molar-refractivity contribution in [3.8, 4) is 5.75 Å². The maximum absolute atomic E-state index is 13.2. The number of nitrogens with one attached hydrogen (secondary N) is 1. The number of amides is 3. The van der Waals surface area contributed by atoms with Gasteiger partial charge in [-0.3, -0.25) is 24.6 Å². The van der Waals surface area contributed by atoms with Crippen molar-refractivity contribution in [1.82, 2.24) is 15.1 Å². The van der Waals surface area contributed by atoms with E-state index in [4.69, 9.17) is 4.74 Å². The maximum Gasteiger partial charge on any atom is 0.255 e. The van der Waals surface area contributed by atoms with Crippen LogP contribution in [0.25, 0.3) is 0 Å². The summed E-state index contributed by atoms with van der Waals surface area (Å²) in [6, 6.07) is 14.6. The molecule has 7 nitrogen and oxygen atoms in total. The molecule has 0 aromatic heterocycles. The van der Waals surface area contributed by atoms with Gasteiger partial charge in [0.05, 0.1) is 13.2 Å². The Bertz CT molecular complexity index is 1190. The first-order chi connectivity index (χ1) is 17.0. The quantitative estimate of drug-likeness (QED) is 0.690. The standard InChI is InChI=1S/C28H31N3O4/c1-2-22(18-6-4-3-5-7-18)30-14-12-28(13-15-30)17-35-25-20-16-31(23-10-11-24(32)29-26(23)33)27(34)19(20)8-9-21(25)28/h3-9,22-23H,2,10-17H2,1H3,(H,29,32,33). The lowest BCUT2D eigenvalue weighted by Crippen LogP contribution is -2.52. The van der Waals surface area contributed by atoms with Crippen LogP contribution >= 0.6 is 0 Å². The number of rotatable bonds is 4. The molecule has 1 spiro atoms. The Morgan fingerprint density at radius 2 is 1.86 bits per heavy atom. The summed E-state index contributed by atoms with van der Waals surface area (Å²) in [7, 11) is 0. The van der Waals surface area contributed by atoms with Crippen LogP contribution in [0.2, 0.25) is 0 Å². The van der Waals surface area contributed by atoms with E-state index in [1.165, 1.54) is 11.1 Å². The van der Waals surface area contributed by atoms with Gasteiger partial charge in [0.1, 0.15) is 11.8 Å².